The van der Waals surface area contributed by atoms with E-state index in [-0.39, 0.29) is 18.1 Å². The normalized spacial score (nSPS) is 13.5. The molecule has 0 fully saturated rings. The van der Waals surface area contributed by atoms with Crippen molar-refractivity contribution in [2.75, 3.05) is 18.1 Å². The third-order valence-corrected chi connectivity index (χ3v) is 4.88. The Bertz CT molecular complexity index is 535. The van der Waals surface area contributed by atoms with Gasteiger partial charge in [-0.2, -0.15) is 0 Å². The predicted octanol–water partition coefficient (Wildman–Crippen LogP) is 2.29. The zero-order valence-corrected chi connectivity index (χ0v) is 13.4. The number of aliphatic hydroxyl groups excluding tert-OH is 1. The molecule has 4 nitrogen and oxygen atoms in total. The first kappa shape index (κ1) is 17.0. The van der Waals surface area contributed by atoms with Crippen LogP contribution in [0.1, 0.15) is 37.8 Å². The van der Waals surface area contributed by atoms with Crippen molar-refractivity contribution in [2.45, 2.75) is 39.7 Å². The minimum atomic E-state index is -3.19. The topological polar surface area (TPSA) is 63.6 Å². The molecule has 20 heavy (non-hydrogen) atoms. The molecule has 0 heterocycles. The Morgan fingerprint density at radius 2 is 1.95 bits per heavy atom. The van der Waals surface area contributed by atoms with Crippen LogP contribution in [0.25, 0.3) is 0 Å². The molecule has 0 aromatic heterocycles. The lowest BCUT2D eigenvalue weighted by molar-refractivity contribution is 0.124. The monoisotopic (exact) mass is 300 g/mol. The Morgan fingerprint density at radius 3 is 2.50 bits per heavy atom. The zero-order chi connectivity index (χ0) is 15.3. The number of benzene rings is 1. The van der Waals surface area contributed by atoms with E-state index in [9.17, 15) is 13.5 Å². The summed E-state index contributed by atoms with van der Waals surface area (Å²) in [4.78, 5) is 0. The zero-order valence-electron chi connectivity index (χ0n) is 12.6. The van der Waals surface area contributed by atoms with Crippen molar-refractivity contribution in [2.24, 2.45) is 0 Å². The molecule has 1 rings (SSSR count). The summed E-state index contributed by atoms with van der Waals surface area (Å²) in [5, 5.41) is 9.77. The van der Waals surface area contributed by atoms with E-state index in [2.05, 4.69) is 13.8 Å². The molecule has 0 aliphatic carbocycles. The van der Waals surface area contributed by atoms with Crippen molar-refractivity contribution in [1.29, 1.82) is 0 Å². The molecule has 0 amide bonds. The van der Waals surface area contributed by atoms with Crippen LogP contribution in [0.5, 0.6) is 5.75 Å². The van der Waals surface area contributed by atoms with Crippen molar-refractivity contribution in [3.05, 3.63) is 29.3 Å². The average Bonchev–Trinajstić information content (AvgIpc) is 2.35. The van der Waals surface area contributed by atoms with Crippen molar-refractivity contribution in [1.82, 2.24) is 0 Å². The summed E-state index contributed by atoms with van der Waals surface area (Å²) in [5.74, 6) is 0.799. The summed E-state index contributed by atoms with van der Waals surface area (Å²) in [6.45, 7) is 7.66. The van der Waals surface area contributed by atoms with E-state index >= 15 is 0 Å². The standard InChI is InChI=1S/C15H24O4S/c1-5-20(17,18)10-13(16)9-19-15-8-12(4)6-7-14(15)11(2)3/h6-8,11,13,16H,5,9-10H2,1-4H3. The van der Waals surface area contributed by atoms with Gasteiger partial charge in [0.05, 0.1) is 5.75 Å². The van der Waals surface area contributed by atoms with E-state index < -0.39 is 15.9 Å². The maximum atomic E-state index is 11.4. The quantitative estimate of drug-likeness (QED) is 0.839. The van der Waals surface area contributed by atoms with E-state index in [4.69, 9.17) is 4.74 Å². The predicted molar refractivity (Wildman–Crippen MR) is 81.1 cm³/mol. The van der Waals surface area contributed by atoms with Gasteiger partial charge in [-0.1, -0.05) is 32.9 Å². The Labute approximate surface area is 121 Å². The number of aryl methyl sites for hydroxylation is 1. The highest BCUT2D eigenvalue weighted by Crippen LogP contribution is 2.27. The van der Waals surface area contributed by atoms with E-state index in [0.29, 0.717) is 11.7 Å². The van der Waals surface area contributed by atoms with Crippen LogP contribution in [0.3, 0.4) is 0 Å². The molecule has 1 N–H and O–H groups in total. The molecule has 0 spiro atoms. The van der Waals surface area contributed by atoms with Crippen LogP contribution in [-0.4, -0.2) is 37.7 Å². The van der Waals surface area contributed by atoms with Gasteiger partial charge in [0.15, 0.2) is 9.84 Å². The van der Waals surface area contributed by atoms with Crippen LogP contribution >= 0.6 is 0 Å². The van der Waals surface area contributed by atoms with Gasteiger partial charge in [0.1, 0.15) is 18.5 Å². The molecule has 0 radical (unpaired) electrons. The van der Waals surface area contributed by atoms with Crippen molar-refractivity contribution >= 4 is 9.84 Å². The minimum absolute atomic E-state index is 0.0115. The molecule has 5 heteroatoms. The van der Waals surface area contributed by atoms with Crippen LogP contribution in [0.15, 0.2) is 18.2 Å². The fraction of sp³-hybridized carbons (Fsp3) is 0.600. The van der Waals surface area contributed by atoms with Gasteiger partial charge >= 0.3 is 0 Å². The van der Waals surface area contributed by atoms with Gasteiger partial charge in [0, 0.05) is 5.75 Å². The largest absolute Gasteiger partial charge is 0.491 e. The van der Waals surface area contributed by atoms with Gasteiger partial charge in [0.2, 0.25) is 0 Å². The minimum Gasteiger partial charge on any atom is -0.491 e. The molecule has 114 valence electrons. The summed E-state index contributed by atoms with van der Waals surface area (Å²) in [5.41, 5.74) is 2.13. The summed E-state index contributed by atoms with van der Waals surface area (Å²) < 4.78 is 28.5. The Morgan fingerprint density at radius 1 is 1.30 bits per heavy atom. The Hall–Kier alpha value is -1.07. The van der Waals surface area contributed by atoms with Crippen molar-refractivity contribution in [3.8, 4) is 5.75 Å². The van der Waals surface area contributed by atoms with Crippen LogP contribution in [0, 0.1) is 6.92 Å². The van der Waals surface area contributed by atoms with Gasteiger partial charge in [-0.05, 0) is 30.0 Å². The summed E-state index contributed by atoms with van der Waals surface area (Å²) in [6.07, 6.45) is -1.000. The van der Waals surface area contributed by atoms with Gasteiger partial charge in [-0.15, -0.1) is 0 Å². The first-order chi connectivity index (χ1) is 9.25. The molecule has 1 unspecified atom stereocenters. The van der Waals surface area contributed by atoms with Gasteiger partial charge < -0.3 is 9.84 Å². The van der Waals surface area contributed by atoms with Crippen LogP contribution in [0.4, 0.5) is 0 Å². The van der Waals surface area contributed by atoms with E-state index in [1.807, 2.05) is 25.1 Å². The maximum absolute atomic E-state index is 11.4. The molecular formula is C15H24O4S. The van der Waals surface area contributed by atoms with E-state index in [0.717, 1.165) is 11.1 Å². The molecule has 1 atom stereocenters. The first-order valence-corrected chi connectivity index (χ1v) is 8.69. The number of sulfone groups is 1. The summed E-state index contributed by atoms with van der Waals surface area (Å²) in [6, 6.07) is 5.93. The number of ether oxygens (including phenoxy) is 1. The van der Waals surface area contributed by atoms with E-state index in [1.165, 1.54) is 0 Å². The molecule has 1 aromatic rings. The molecule has 1 aromatic carbocycles. The van der Waals surface area contributed by atoms with Gasteiger partial charge in [-0.25, -0.2) is 8.42 Å². The summed E-state index contributed by atoms with van der Waals surface area (Å²) >= 11 is 0. The number of hydrogen-bond donors (Lipinski definition) is 1. The second-order valence-electron chi connectivity index (χ2n) is 5.36. The Kier molecular flexibility index (Phi) is 6.02. The van der Waals surface area contributed by atoms with E-state index in [1.54, 1.807) is 6.92 Å². The summed E-state index contributed by atoms with van der Waals surface area (Å²) in [7, 11) is -3.19. The van der Waals surface area contributed by atoms with Gasteiger partial charge in [-0.3, -0.25) is 0 Å². The molecule has 0 saturated carbocycles. The number of aliphatic hydroxyl groups is 1. The molecule has 0 saturated heterocycles. The molecule has 0 aliphatic heterocycles. The fourth-order valence-electron chi connectivity index (χ4n) is 1.89. The highest BCUT2D eigenvalue weighted by atomic mass is 32.2. The lowest BCUT2D eigenvalue weighted by Crippen LogP contribution is -2.28. The first-order valence-electron chi connectivity index (χ1n) is 6.87. The number of rotatable bonds is 7. The van der Waals surface area contributed by atoms with Crippen LogP contribution < -0.4 is 4.74 Å². The maximum Gasteiger partial charge on any atom is 0.152 e. The lowest BCUT2D eigenvalue weighted by atomic mass is 10.0. The molecular weight excluding hydrogens is 276 g/mol. The second-order valence-corrected chi connectivity index (χ2v) is 7.76. The highest BCUT2D eigenvalue weighted by molar-refractivity contribution is 7.91. The van der Waals surface area contributed by atoms with Gasteiger partial charge in [0.25, 0.3) is 0 Å². The Balaban J connectivity index is 2.72. The highest BCUT2D eigenvalue weighted by Gasteiger charge is 2.17. The SMILES string of the molecule is CCS(=O)(=O)CC(O)COc1cc(C)ccc1C(C)C. The lowest BCUT2D eigenvalue weighted by Gasteiger charge is -2.17. The fourth-order valence-corrected chi connectivity index (χ4v) is 2.81. The van der Waals surface area contributed by atoms with Crippen molar-refractivity contribution < 1.29 is 18.3 Å². The van der Waals surface area contributed by atoms with Crippen molar-refractivity contribution in [3.63, 3.8) is 0 Å². The van der Waals surface area contributed by atoms with Crippen LogP contribution in [-0.2, 0) is 9.84 Å². The third kappa shape index (κ3) is 5.13. The average molecular weight is 300 g/mol. The number of hydrogen-bond acceptors (Lipinski definition) is 4. The molecule has 0 bridgehead atoms. The smallest absolute Gasteiger partial charge is 0.152 e. The third-order valence-electron chi connectivity index (χ3n) is 3.11. The molecule has 0 aliphatic rings. The second kappa shape index (κ2) is 7.09. The van der Waals surface area contributed by atoms with Crippen LogP contribution in [0.2, 0.25) is 0 Å².